The molecule has 0 atom stereocenters. The maximum Gasteiger partial charge on any atom is 0.264 e. The molecule has 7 heteroatoms. The minimum Gasteiger partial charge on any atom is -0.484 e. The van der Waals surface area contributed by atoms with E-state index in [2.05, 4.69) is 26.1 Å². The largest absolute Gasteiger partial charge is 0.484 e. The third kappa shape index (κ3) is 5.03. The first-order valence-electron chi connectivity index (χ1n) is 10.9. The third-order valence-electron chi connectivity index (χ3n) is 5.66. The van der Waals surface area contributed by atoms with Gasteiger partial charge < -0.3 is 10.1 Å². The summed E-state index contributed by atoms with van der Waals surface area (Å²) in [4.78, 5) is 12.5. The van der Waals surface area contributed by atoms with E-state index in [1.807, 2.05) is 48.5 Å². The molecule has 4 rings (SSSR count). The van der Waals surface area contributed by atoms with Gasteiger partial charge in [0.25, 0.3) is 15.9 Å². The highest BCUT2D eigenvalue weighted by molar-refractivity contribution is 7.92. The normalized spacial score (nSPS) is 13.5. The molecule has 1 heterocycles. The van der Waals surface area contributed by atoms with Crippen LogP contribution in [0, 0.1) is 0 Å². The molecule has 0 spiro atoms. The minimum atomic E-state index is -3.66. The Balaban J connectivity index is 1.36. The van der Waals surface area contributed by atoms with Crippen molar-refractivity contribution in [2.45, 2.75) is 37.5 Å². The lowest BCUT2D eigenvalue weighted by Crippen LogP contribution is -2.29. The maximum atomic E-state index is 13.1. The van der Waals surface area contributed by atoms with Gasteiger partial charge in [-0.2, -0.15) is 0 Å². The summed E-state index contributed by atoms with van der Waals surface area (Å²) in [6.45, 7) is 6.69. The molecule has 1 amide bonds. The highest BCUT2D eigenvalue weighted by Crippen LogP contribution is 2.33. The zero-order valence-electron chi connectivity index (χ0n) is 19.0. The van der Waals surface area contributed by atoms with Crippen molar-refractivity contribution in [1.82, 2.24) is 0 Å². The number of nitrogens with zero attached hydrogens (tertiary/aromatic N) is 1. The van der Waals surface area contributed by atoms with E-state index in [0.717, 1.165) is 11.3 Å². The van der Waals surface area contributed by atoms with Crippen LogP contribution in [0.15, 0.2) is 77.7 Å². The first-order valence-corrected chi connectivity index (χ1v) is 12.3. The second-order valence-electron chi connectivity index (χ2n) is 9.09. The average molecular weight is 465 g/mol. The maximum absolute atomic E-state index is 13.1. The van der Waals surface area contributed by atoms with Crippen molar-refractivity contribution in [1.29, 1.82) is 0 Å². The number of ether oxygens (including phenoxy) is 1. The molecule has 0 saturated heterocycles. The quantitative estimate of drug-likeness (QED) is 0.571. The van der Waals surface area contributed by atoms with Crippen LogP contribution in [0.1, 0.15) is 31.9 Å². The molecule has 6 nitrogen and oxygen atoms in total. The number of carbonyl (C=O) groups excluding carboxylic acids is 1. The number of hydrogen-bond donors (Lipinski definition) is 1. The van der Waals surface area contributed by atoms with E-state index in [-0.39, 0.29) is 22.8 Å². The van der Waals surface area contributed by atoms with E-state index in [1.165, 1.54) is 22.0 Å². The van der Waals surface area contributed by atoms with Gasteiger partial charge in [0.15, 0.2) is 6.61 Å². The standard InChI is InChI=1S/C26H28N2O4S/c1-26(2,3)20-8-12-22(13-9-20)32-18-25(29)27-21-10-14-23(15-11-21)33(30,31)28-17-16-19-6-4-5-7-24(19)28/h4-15H,16-18H2,1-3H3,(H,27,29). The number of carbonyl (C=O) groups is 1. The zero-order valence-corrected chi connectivity index (χ0v) is 19.9. The Morgan fingerprint density at radius 2 is 1.64 bits per heavy atom. The molecular formula is C26H28N2O4S. The van der Waals surface area contributed by atoms with Gasteiger partial charge >= 0.3 is 0 Å². The Labute approximate surface area is 195 Å². The summed E-state index contributed by atoms with van der Waals surface area (Å²) >= 11 is 0. The van der Waals surface area contributed by atoms with E-state index in [4.69, 9.17) is 4.74 Å². The van der Waals surface area contributed by atoms with Crippen LogP contribution in [-0.2, 0) is 26.7 Å². The van der Waals surface area contributed by atoms with Gasteiger partial charge in [0, 0.05) is 12.2 Å². The van der Waals surface area contributed by atoms with Crippen LogP contribution in [0.3, 0.4) is 0 Å². The van der Waals surface area contributed by atoms with Crippen LogP contribution < -0.4 is 14.4 Å². The highest BCUT2D eigenvalue weighted by Gasteiger charge is 2.30. The van der Waals surface area contributed by atoms with E-state index in [9.17, 15) is 13.2 Å². The number of para-hydroxylation sites is 1. The van der Waals surface area contributed by atoms with E-state index in [1.54, 1.807) is 12.1 Å². The molecule has 3 aromatic rings. The number of rotatable bonds is 6. The van der Waals surface area contributed by atoms with Crippen molar-refractivity contribution in [3.8, 4) is 5.75 Å². The molecule has 0 aliphatic carbocycles. The fourth-order valence-corrected chi connectivity index (χ4v) is 5.30. The van der Waals surface area contributed by atoms with Crippen molar-refractivity contribution < 1.29 is 17.9 Å². The Kier molecular flexibility index (Phi) is 6.17. The van der Waals surface area contributed by atoms with Crippen molar-refractivity contribution in [3.05, 3.63) is 83.9 Å². The smallest absolute Gasteiger partial charge is 0.264 e. The number of nitrogens with one attached hydrogen (secondary N) is 1. The predicted molar refractivity (Wildman–Crippen MR) is 130 cm³/mol. The van der Waals surface area contributed by atoms with Crippen LogP contribution >= 0.6 is 0 Å². The Hall–Kier alpha value is -3.32. The molecule has 0 aromatic heterocycles. The van der Waals surface area contributed by atoms with Crippen molar-refractivity contribution in [2.75, 3.05) is 22.8 Å². The number of amides is 1. The van der Waals surface area contributed by atoms with Crippen LogP contribution in [0.5, 0.6) is 5.75 Å². The number of benzene rings is 3. The molecule has 0 fully saturated rings. The molecule has 1 aliphatic rings. The summed E-state index contributed by atoms with van der Waals surface area (Å²) in [5, 5.41) is 2.74. The van der Waals surface area contributed by atoms with Crippen molar-refractivity contribution in [2.24, 2.45) is 0 Å². The molecule has 0 saturated carbocycles. The lowest BCUT2D eigenvalue weighted by molar-refractivity contribution is -0.118. The molecule has 172 valence electrons. The molecule has 1 N–H and O–H groups in total. The summed E-state index contributed by atoms with van der Waals surface area (Å²) < 4.78 is 33.2. The van der Waals surface area contributed by atoms with Crippen molar-refractivity contribution in [3.63, 3.8) is 0 Å². The minimum absolute atomic E-state index is 0.0493. The van der Waals surface area contributed by atoms with Gasteiger partial charge in [0.1, 0.15) is 5.75 Å². The fraction of sp³-hybridized carbons (Fsp3) is 0.269. The Morgan fingerprint density at radius 3 is 2.30 bits per heavy atom. The highest BCUT2D eigenvalue weighted by atomic mass is 32.2. The first kappa shape index (κ1) is 22.9. The Morgan fingerprint density at radius 1 is 0.970 bits per heavy atom. The molecule has 0 radical (unpaired) electrons. The monoisotopic (exact) mass is 464 g/mol. The number of sulfonamides is 1. The van der Waals surface area contributed by atoms with Crippen molar-refractivity contribution >= 4 is 27.3 Å². The molecule has 33 heavy (non-hydrogen) atoms. The summed E-state index contributed by atoms with van der Waals surface area (Å²) in [5.41, 5.74) is 3.49. The SMILES string of the molecule is CC(C)(C)c1ccc(OCC(=O)Nc2ccc(S(=O)(=O)N3CCc4ccccc43)cc2)cc1. The van der Waals surface area contributed by atoms with Crippen LogP contribution in [0.25, 0.3) is 0 Å². The predicted octanol–water partition coefficient (Wildman–Crippen LogP) is 4.75. The van der Waals surface area contributed by atoms with Gasteiger partial charge in [-0.25, -0.2) is 8.42 Å². The van der Waals surface area contributed by atoms with Crippen LogP contribution in [0.4, 0.5) is 11.4 Å². The lowest BCUT2D eigenvalue weighted by atomic mass is 9.87. The average Bonchev–Trinajstić information content (AvgIpc) is 3.23. The molecule has 3 aromatic carbocycles. The molecular weight excluding hydrogens is 436 g/mol. The fourth-order valence-electron chi connectivity index (χ4n) is 3.79. The van der Waals surface area contributed by atoms with Gasteiger partial charge in [-0.1, -0.05) is 51.1 Å². The summed E-state index contributed by atoms with van der Waals surface area (Å²) in [6.07, 6.45) is 0.697. The zero-order chi connectivity index (χ0) is 23.6. The van der Waals surface area contributed by atoms with Gasteiger partial charge in [0.05, 0.1) is 10.6 Å². The topological polar surface area (TPSA) is 75.7 Å². The summed E-state index contributed by atoms with van der Waals surface area (Å²) in [5.74, 6) is 0.296. The second-order valence-corrected chi connectivity index (χ2v) is 11.0. The van der Waals surface area contributed by atoms with Gasteiger partial charge in [-0.05, 0) is 65.4 Å². The number of anilines is 2. The summed E-state index contributed by atoms with van der Waals surface area (Å²) in [7, 11) is -3.66. The van der Waals surface area contributed by atoms with E-state index < -0.39 is 10.0 Å². The Bertz CT molecular complexity index is 1240. The molecule has 0 unspecified atom stereocenters. The third-order valence-corrected chi connectivity index (χ3v) is 7.49. The number of hydrogen-bond acceptors (Lipinski definition) is 4. The van der Waals surface area contributed by atoms with Gasteiger partial charge in [-0.3, -0.25) is 9.10 Å². The van der Waals surface area contributed by atoms with Crippen LogP contribution in [0.2, 0.25) is 0 Å². The summed E-state index contributed by atoms with van der Waals surface area (Å²) in [6, 6.07) is 21.4. The number of fused-ring (bicyclic) bond motifs is 1. The van der Waals surface area contributed by atoms with Gasteiger partial charge in [-0.15, -0.1) is 0 Å². The van der Waals surface area contributed by atoms with E-state index >= 15 is 0 Å². The van der Waals surface area contributed by atoms with Gasteiger partial charge in [0.2, 0.25) is 0 Å². The first-order chi connectivity index (χ1) is 15.6. The van der Waals surface area contributed by atoms with Crippen LogP contribution in [-0.4, -0.2) is 27.5 Å². The van der Waals surface area contributed by atoms with E-state index in [0.29, 0.717) is 24.4 Å². The molecule has 0 bridgehead atoms. The molecule has 1 aliphatic heterocycles. The lowest BCUT2D eigenvalue weighted by Gasteiger charge is -2.19. The second kappa shape index (κ2) is 8.90.